The van der Waals surface area contributed by atoms with Crippen LogP contribution in [-0.4, -0.2) is 15.0 Å². The van der Waals surface area contributed by atoms with Crippen LogP contribution in [0.5, 0.6) is 0 Å². The van der Waals surface area contributed by atoms with Gasteiger partial charge >= 0.3 is 0 Å². The number of hydrogen-bond acceptors (Lipinski definition) is 4. The molecule has 236 valence electrons. The molecule has 0 N–H and O–H groups in total. The maximum Gasteiger partial charge on any atom is 0.164 e. The molecule has 4 heteroatoms. The van der Waals surface area contributed by atoms with Gasteiger partial charge in [0.1, 0.15) is 11.2 Å². The summed E-state index contributed by atoms with van der Waals surface area (Å²) in [6, 6.07) is 52.9. The second kappa shape index (κ2) is 10.8. The lowest BCUT2D eigenvalue weighted by Gasteiger charge is -2.21. The fourth-order valence-corrected chi connectivity index (χ4v) is 7.97. The number of para-hydroxylation sites is 1. The summed E-state index contributed by atoms with van der Waals surface area (Å²) in [5, 5.41) is 4.17. The molecule has 7 aromatic carbocycles. The minimum Gasteiger partial charge on any atom is -0.455 e. The molecule has 0 unspecified atom stereocenters. The van der Waals surface area contributed by atoms with E-state index in [1.807, 2.05) is 30.3 Å². The molecule has 0 saturated heterocycles. The lowest BCUT2D eigenvalue weighted by molar-refractivity contribution is 0.660. The highest BCUT2D eigenvalue weighted by atomic mass is 16.3. The Hall–Kier alpha value is -6.39. The molecule has 10 rings (SSSR count). The van der Waals surface area contributed by atoms with Crippen LogP contribution < -0.4 is 0 Å². The second-order valence-electron chi connectivity index (χ2n) is 13.6. The molecule has 2 aromatic heterocycles. The lowest BCUT2D eigenvalue weighted by atomic mass is 9.82. The summed E-state index contributed by atoms with van der Waals surface area (Å²) in [7, 11) is 0. The van der Waals surface area contributed by atoms with E-state index in [4.69, 9.17) is 19.4 Å². The summed E-state index contributed by atoms with van der Waals surface area (Å²) in [5.74, 6) is 1.91. The van der Waals surface area contributed by atoms with Gasteiger partial charge in [-0.3, -0.25) is 0 Å². The first-order chi connectivity index (χ1) is 24.6. The van der Waals surface area contributed by atoms with E-state index in [1.165, 1.54) is 22.3 Å². The zero-order chi connectivity index (χ0) is 33.4. The number of benzene rings is 7. The van der Waals surface area contributed by atoms with Gasteiger partial charge in [0.2, 0.25) is 0 Å². The van der Waals surface area contributed by atoms with Crippen molar-refractivity contribution in [1.29, 1.82) is 0 Å². The molecule has 0 amide bonds. The molecule has 0 fully saturated rings. The summed E-state index contributed by atoms with van der Waals surface area (Å²) < 4.78 is 6.58. The minimum atomic E-state index is -0.145. The molecule has 2 heterocycles. The molecule has 0 aliphatic heterocycles. The third-order valence-corrected chi connectivity index (χ3v) is 10.3. The molecule has 1 aliphatic rings. The van der Waals surface area contributed by atoms with Crippen molar-refractivity contribution in [1.82, 2.24) is 15.0 Å². The Kier molecular flexibility index (Phi) is 6.19. The van der Waals surface area contributed by atoms with Crippen LogP contribution in [0, 0.1) is 0 Å². The Morgan fingerprint density at radius 3 is 1.84 bits per heavy atom. The average Bonchev–Trinajstić information content (AvgIpc) is 3.67. The first kappa shape index (κ1) is 28.6. The van der Waals surface area contributed by atoms with Crippen molar-refractivity contribution in [2.24, 2.45) is 0 Å². The predicted octanol–water partition coefficient (Wildman–Crippen LogP) is 11.9. The van der Waals surface area contributed by atoms with Gasteiger partial charge in [0.25, 0.3) is 0 Å². The van der Waals surface area contributed by atoms with Crippen LogP contribution in [-0.2, 0) is 5.41 Å². The summed E-state index contributed by atoms with van der Waals surface area (Å²) in [6.45, 7) is 4.61. The van der Waals surface area contributed by atoms with Crippen molar-refractivity contribution in [3.8, 4) is 56.4 Å². The Bertz CT molecular complexity index is 2780. The number of aromatic nitrogens is 3. The van der Waals surface area contributed by atoms with Crippen molar-refractivity contribution in [2.45, 2.75) is 19.3 Å². The first-order valence-electron chi connectivity index (χ1n) is 17.0. The monoisotopic (exact) mass is 641 g/mol. The molecular formula is C46H31N3O. The Labute approximate surface area is 289 Å². The van der Waals surface area contributed by atoms with Crippen molar-refractivity contribution in [2.75, 3.05) is 0 Å². The number of fused-ring (bicyclic) bond motifs is 8. The molecule has 0 bridgehead atoms. The van der Waals surface area contributed by atoms with E-state index < -0.39 is 0 Å². The van der Waals surface area contributed by atoms with Crippen molar-refractivity contribution < 1.29 is 4.42 Å². The van der Waals surface area contributed by atoms with Crippen LogP contribution in [0.1, 0.15) is 25.0 Å². The average molecular weight is 642 g/mol. The fraction of sp³-hybridized carbons (Fsp3) is 0.0652. The standard InChI is InChI=1S/C46H31N3O/c1-46(2)37-24-11-9-20-32(37)41-34(23-14-25-38(41)46)44-47-43(29-17-7-4-8-18-29)48-45(49-44)36-27-35-31-19-10-12-26-39(31)50-42(35)33-22-13-21-30(40(33)36)28-15-5-3-6-16-28/h3-27H,1-2H3. The van der Waals surface area contributed by atoms with Gasteiger partial charge < -0.3 is 4.42 Å². The van der Waals surface area contributed by atoms with E-state index in [9.17, 15) is 0 Å². The van der Waals surface area contributed by atoms with Gasteiger partial charge in [-0.05, 0) is 45.5 Å². The summed E-state index contributed by atoms with van der Waals surface area (Å²) >= 11 is 0. The van der Waals surface area contributed by atoms with Crippen molar-refractivity contribution in [3.05, 3.63) is 163 Å². The number of nitrogens with zero attached hydrogens (tertiary/aromatic N) is 3. The van der Waals surface area contributed by atoms with Gasteiger partial charge in [0, 0.05) is 43.7 Å². The Morgan fingerprint density at radius 1 is 0.440 bits per heavy atom. The Morgan fingerprint density at radius 2 is 1.02 bits per heavy atom. The fourth-order valence-electron chi connectivity index (χ4n) is 7.97. The summed E-state index contributed by atoms with van der Waals surface area (Å²) in [4.78, 5) is 15.9. The molecule has 9 aromatic rings. The Balaban J connectivity index is 1.33. The van der Waals surface area contributed by atoms with Gasteiger partial charge in [0.15, 0.2) is 17.5 Å². The topological polar surface area (TPSA) is 51.8 Å². The van der Waals surface area contributed by atoms with Gasteiger partial charge in [-0.1, -0.05) is 153 Å². The van der Waals surface area contributed by atoms with Crippen LogP contribution in [0.25, 0.3) is 89.1 Å². The van der Waals surface area contributed by atoms with Gasteiger partial charge in [-0.15, -0.1) is 0 Å². The first-order valence-corrected chi connectivity index (χ1v) is 17.0. The molecule has 4 nitrogen and oxygen atoms in total. The van der Waals surface area contributed by atoms with E-state index in [1.54, 1.807) is 0 Å². The number of furan rings is 1. The molecule has 0 atom stereocenters. The van der Waals surface area contributed by atoms with E-state index in [0.717, 1.165) is 60.5 Å². The molecular weight excluding hydrogens is 611 g/mol. The molecule has 0 radical (unpaired) electrons. The minimum absolute atomic E-state index is 0.145. The predicted molar refractivity (Wildman–Crippen MR) is 204 cm³/mol. The smallest absolute Gasteiger partial charge is 0.164 e. The van der Waals surface area contributed by atoms with Crippen LogP contribution in [0.4, 0.5) is 0 Å². The normalized spacial score (nSPS) is 13.2. The van der Waals surface area contributed by atoms with E-state index >= 15 is 0 Å². The van der Waals surface area contributed by atoms with E-state index in [2.05, 4.69) is 135 Å². The maximum absolute atomic E-state index is 6.58. The largest absolute Gasteiger partial charge is 0.455 e. The van der Waals surface area contributed by atoms with Gasteiger partial charge in [0.05, 0.1) is 0 Å². The zero-order valence-electron chi connectivity index (χ0n) is 27.7. The van der Waals surface area contributed by atoms with Crippen molar-refractivity contribution >= 4 is 32.7 Å². The van der Waals surface area contributed by atoms with Crippen LogP contribution in [0.15, 0.2) is 156 Å². The van der Waals surface area contributed by atoms with Crippen molar-refractivity contribution in [3.63, 3.8) is 0 Å². The second-order valence-corrected chi connectivity index (χ2v) is 13.6. The maximum atomic E-state index is 6.58. The highest BCUT2D eigenvalue weighted by Gasteiger charge is 2.37. The third-order valence-electron chi connectivity index (χ3n) is 10.3. The number of rotatable bonds is 4. The third kappa shape index (κ3) is 4.21. The van der Waals surface area contributed by atoms with Crippen LogP contribution in [0.2, 0.25) is 0 Å². The highest BCUT2D eigenvalue weighted by Crippen LogP contribution is 2.52. The molecule has 0 spiro atoms. The van der Waals surface area contributed by atoms with Gasteiger partial charge in [-0.2, -0.15) is 0 Å². The van der Waals surface area contributed by atoms with Crippen LogP contribution >= 0.6 is 0 Å². The summed E-state index contributed by atoms with van der Waals surface area (Å²) in [6.07, 6.45) is 0. The van der Waals surface area contributed by atoms with E-state index in [0.29, 0.717) is 17.5 Å². The molecule has 50 heavy (non-hydrogen) atoms. The highest BCUT2D eigenvalue weighted by molar-refractivity contribution is 6.21. The van der Waals surface area contributed by atoms with Crippen LogP contribution in [0.3, 0.4) is 0 Å². The molecule has 1 aliphatic carbocycles. The van der Waals surface area contributed by atoms with E-state index in [-0.39, 0.29) is 5.41 Å². The van der Waals surface area contributed by atoms with Gasteiger partial charge in [-0.25, -0.2) is 15.0 Å². The number of hydrogen-bond donors (Lipinski definition) is 0. The molecule has 0 saturated carbocycles. The summed E-state index contributed by atoms with van der Waals surface area (Å²) in [5.41, 5.74) is 11.7. The zero-order valence-corrected chi connectivity index (χ0v) is 27.7. The SMILES string of the molecule is CC1(C)c2ccccc2-c2c(-c3nc(-c4ccccc4)nc(-c4cc5c6ccccc6oc5c5cccc(-c6ccccc6)c45)n3)cccc21. The lowest BCUT2D eigenvalue weighted by Crippen LogP contribution is -2.14. The quantitative estimate of drug-likeness (QED) is 0.192.